The van der Waals surface area contributed by atoms with E-state index < -0.39 is 0 Å². The van der Waals surface area contributed by atoms with E-state index in [9.17, 15) is 4.79 Å². The second-order valence-electron chi connectivity index (χ2n) is 5.59. The van der Waals surface area contributed by atoms with E-state index in [0.29, 0.717) is 18.1 Å². The predicted octanol–water partition coefficient (Wildman–Crippen LogP) is 1.13. The standard InChI is InChI=1S/C13H18N6O/c1-8-5-15-9(6-14-8)7-16-11(20)10-17-12(19-18-10)13(2,3)4/h5-6H,7H2,1-4H3,(H,16,20)(H,17,18,19). The zero-order valence-corrected chi connectivity index (χ0v) is 12.1. The van der Waals surface area contributed by atoms with Gasteiger partial charge in [-0.05, 0) is 6.92 Å². The van der Waals surface area contributed by atoms with Crippen LogP contribution < -0.4 is 5.32 Å². The van der Waals surface area contributed by atoms with E-state index >= 15 is 0 Å². The largest absolute Gasteiger partial charge is 0.344 e. The molecule has 0 saturated carbocycles. The van der Waals surface area contributed by atoms with Gasteiger partial charge >= 0.3 is 0 Å². The quantitative estimate of drug-likeness (QED) is 0.874. The van der Waals surface area contributed by atoms with Crippen LogP contribution in [0.15, 0.2) is 12.4 Å². The van der Waals surface area contributed by atoms with Crippen molar-refractivity contribution in [3.8, 4) is 0 Å². The number of rotatable bonds is 3. The topological polar surface area (TPSA) is 96.5 Å². The van der Waals surface area contributed by atoms with Crippen molar-refractivity contribution >= 4 is 5.91 Å². The SMILES string of the molecule is Cc1cnc(CNC(=O)c2n[nH]c(C(C)(C)C)n2)cn1. The van der Waals surface area contributed by atoms with Gasteiger partial charge in [0.1, 0.15) is 5.82 Å². The number of carbonyl (C=O) groups is 1. The third kappa shape index (κ3) is 3.37. The lowest BCUT2D eigenvalue weighted by molar-refractivity contribution is 0.0940. The Labute approximate surface area is 117 Å². The average molecular weight is 274 g/mol. The van der Waals surface area contributed by atoms with Gasteiger partial charge in [-0.25, -0.2) is 4.98 Å². The molecule has 2 N–H and O–H groups in total. The number of carbonyl (C=O) groups excluding carboxylic acids is 1. The van der Waals surface area contributed by atoms with Crippen LogP contribution in [0.1, 0.15) is 48.6 Å². The van der Waals surface area contributed by atoms with Gasteiger partial charge in [0.2, 0.25) is 5.82 Å². The number of nitrogens with one attached hydrogen (secondary N) is 2. The summed E-state index contributed by atoms with van der Waals surface area (Å²) in [5, 5.41) is 9.42. The number of hydrogen-bond acceptors (Lipinski definition) is 5. The number of aryl methyl sites for hydroxylation is 1. The maximum absolute atomic E-state index is 11.9. The van der Waals surface area contributed by atoms with E-state index in [0.717, 1.165) is 5.69 Å². The van der Waals surface area contributed by atoms with Crippen LogP contribution in [0.3, 0.4) is 0 Å². The summed E-state index contributed by atoms with van der Waals surface area (Å²) >= 11 is 0. The first-order valence-electron chi connectivity index (χ1n) is 6.35. The molecule has 0 saturated heterocycles. The van der Waals surface area contributed by atoms with E-state index in [1.54, 1.807) is 12.4 Å². The summed E-state index contributed by atoms with van der Waals surface area (Å²) in [4.78, 5) is 24.4. The highest BCUT2D eigenvalue weighted by Gasteiger charge is 2.21. The lowest BCUT2D eigenvalue weighted by Gasteiger charge is -2.12. The molecule has 2 heterocycles. The predicted molar refractivity (Wildman–Crippen MR) is 73.0 cm³/mol. The van der Waals surface area contributed by atoms with E-state index in [1.165, 1.54) is 0 Å². The van der Waals surface area contributed by atoms with E-state index in [-0.39, 0.29) is 17.1 Å². The van der Waals surface area contributed by atoms with Crippen molar-refractivity contribution in [2.24, 2.45) is 0 Å². The van der Waals surface area contributed by atoms with Crippen LogP contribution in [-0.2, 0) is 12.0 Å². The Morgan fingerprint density at radius 2 is 2.05 bits per heavy atom. The molecule has 0 unspecified atom stereocenters. The summed E-state index contributed by atoms with van der Waals surface area (Å²) in [7, 11) is 0. The van der Waals surface area contributed by atoms with Crippen molar-refractivity contribution in [2.75, 3.05) is 0 Å². The number of H-pyrrole nitrogens is 1. The Balaban J connectivity index is 1.98. The molecule has 1 amide bonds. The van der Waals surface area contributed by atoms with Crippen molar-refractivity contribution in [1.29, 1.82) is 0 Å². The first kappa shape index (κ1) is 14.1. The third-order valence-electron chi connectivity index (χ3n) is 2.66. The van der Waals surface area contributed by atoms with Gasteiger partial charge in [0.25, 0.3) is 5.91 Å². The highest BCUT2D eigenvalue weighted by Crippen LogP contribution is 2.17. The second-order valence-corrected chi connectivity index (χ2v) is 5.59. The van der Waals surface area contributed by atoms with Crippen molar-refractivity contribution in [1.82, 2.24) is 30.5 Å². The average Bonchev–Trinajstić information content (AvgIpc) is 2.87. The number of amides is 1. The van der Waals surface area contributed by atoms with Crippen molar-refractivity contribution in [3.63, 3.8) is 0 Å². The van der Waals surface area contributed by atoms with Gasteiger partial charge in [-0.3, -0.25) is 19.9 Å². The van der Waals surface area contributed by atoms with Crippen LogP contribution in [0, 0.1) is 6.92 Å². The Morgan fingerprint density at radius 1 is 1.30 bits per heavy atom. The van der Waals surface area contributed by atoms with E-state index in [4.69, 9.17) is 0 Å². The minimum atomic E-state index is -0.334. The van der Waals surface area contributed by atoms with Crippen LogP contribution in [0.5, 0.6) is 0 Å². The Morgan fingerprint density at radius 3 is 2.60 bits per heavy atom. The van der Waals surface area contributed by atoms with Gasteiger partial charge in [0, 0.05) is 11.6 Å². The molecule has 0 aliphatic heterocycles. The Kier molecular flexibility index (Phi) is 3.78. The highest BCUT2D eigenvalue weighted by atomic mass is 16.2. The van der Waals surface area contributed by atoms with Gasteiger partial charge in [-0.2, -0.15) is 0 Å². The molecule has 0 atom stereocenters. The lowest BCUT2D eigenvalue weighted by atomic mass is 9.96. The summed E-state index contributed by atoms with van der Waals surface area (Å²) in [6.07, 6.45) is 3.29. The van der Waals surface area contributed by atoms with Crippen LogP contribution in [0.4, 0.5) is 0 Å². The molecule has 2 rings (SSSR count). The van der Waals surface area contributed by atoms with Crippen molar-refractivity contribution in [2.45, 2.75) is 39.7 Å². The third-order valence-corrected chi connectivity index (χ3v) is 2.66. The summed E-state index contributed by atoms with van der Waals surface area (Å²) in [5.41, 5.74) is 1.35. The van der Waals surface area contributed by atoms with Gasteiger partial charge < -0.3 is 5.32 Å². The minimum absolute atomic E-state index is 0.134. The maximum Gasteiger partial charge on any atom is 0.291 e. The Bertz CT molecular complexity index is 596. The summed E-state index contributed by atoms with van der Waals surface area (Å²) in [6, 6.07) is 0. The molecule has 20 heavy (non-hydrogen) atoms. The number of hydrogen-bond donors (Lipinski definition) is 2. The smallest absolute Gasteiger partial charge is 0.291 e. The van der Waals surface area contributed by atoms with Crippen LogP contribution in [0.25, 0.3) is 0 Å². The summed E-state index contributed by atoms with van der Waals surface area (Å²) < 4.78 is 0. The molecule has 2 aromatic rings. The second kappa shape index (κ2) is 5.36. The molecule has 0 aromatic carbocycles. The number of aromatic nitrogens is 5. The fourth-order valence-corrected chi connectivity index (χ4v) is 1.46. The molecule has 106 valence electrons. The maximum atomic E-state index is 11.9. The van der Waals surface area contributed by atoms with Crippen LogP contribution >= 0.6 is 0 Å². The summed E-state index contributed by atoms with van der Waals surface area (Å²) in [5.74, 6) is 0.479. The highest BCUT2D eigenvalue weighted by molar-refractivity contribution is 5.90. The molecular weight excluding hydrogens is 256 g/mol. The lowest BCUT2D eigenvalue weighted by Crippen LogP contribution is -2.25. The molecule has 0 fully saturated rings. The fraction of sp³-hybridized carbons (Fsp3) is 0.462. The van der Waals surface area contributed by atoms with Crippen LogP contribution in [0.2, 0.25) is 0 Å². The van der Waals surface area contributed by atoms with Crippen molar-refractivity contribution in [3.05, 3.63) is 35.4 Å². The van der Waals surface area contributed by atoms with Gasteiger partial charge in [0.05, 0.1) is 24.1 Å². The molecule has 2 aromatic heterocycles. The normalized spacial score (nSPS) is 11.4. The minimum Gasteiger partial charge on any atom is -0.344 e. The van der Waals surface area contributed by atoms with Gasteiger partial charge in [0.15, 0.2) is 0 Å². The molecule has 0 aliphatic rings. The van der Waals surface area contributed by atoms with Crippen LogP contribution in [-0.4, -0.2) is 31.1 Å². The number of nitrogens with zero attached hydrogens (tertiary/aromatic N) is 4. The van der Waals surface area contributed by atoms with Gasteiger partial charge in [-0.1, -0.05) is 20.8 Å². The number of aromatic amines is 1. The zero-order valence-electron chi connectivity index (χ0n) is 12.1. The first-order chi connectivity index (χ1) is 9.36. The van der Waals surface area contributed by atoms with Crippen molar-refractivity contribution < 1.29 is 4.79 Å². The fourth-order valence-electron chi connectivity index (χ4n) is 1.46. The molecule has 7 heteroatoms. The van der Waals surface area contributed by atoms with E-state index in [1.807, 2.05) is 27.7 Å². The molecule has 0 radical (unpaired) electrons. The van der Waals surface area contributed by atoms with E-state index in [2.05, 4.69) is 30.5 Å². The molecule has 7 nitrogen and oxygen atoms in total. The molecule has 0 aliphatic carbocycles. The zero-order chi connectivity index (χ0) is 14.8. The molecule has 0 bridgehead atoms. The summed E-state index contributed by atoms with van der Waals surface area (Å²) in [6.45, 7) is 8.15. The first-order valence-corrected chi connectivity index (χ1v) is 6.35. The Hall–Kier alpha value is -2.31. The van der Waals surface area contributed by atoms with Gasteiger partial charge in [-0.15, -0.1) is 5.10 Å². The molecular formula is C13H18N6O. The molecule has 0 spiro atoms. The monoisotopic (exact) mass is 274 g/mol.